The lowest BCUT2D eigenvalue weighted by atomic mass is 10.2. The third-order valence-corrected chi connectivity index (χ3v) is 7.26. The second-order valence-electron chi connectivity index (χ2n) is 8.38. The van der Waals surface area contributed by atoms with Gasteiger partial charge in [-0.1, -0.05) is 30.3 Å². The molecule has 1 aromatic carbocycles. The van der Waals surface area contributed by atoms with Crippen LogP contribution in [0.25, 0.3) is 10.2 Å². The van der Waals surface area contributed by atoms with E-state index in [1.165, 1.54) is 27.8 Å². The zero-order chi connectivity index (χ0) is 23.4. The van der Waals surface area contributed by atoms with E-state index < -0.39 is 0 Å². The number of piperazine rings is 1. The summed E-state index contributed by atoms with van der Waals surface area (Å²) in [5.41, 5.74) is 2.09. The number of thiophene rings is 1. The lowest BCUT2D eigenvalue weighted by molar-refractivity contribution is -0.134. The second kappa shape index (κ2) is 10.3. The van der Waals surface area contributed by atoms with E-state index in [4.69, 9.17) is 0 Å². The van der Waals surface area contributed by atoms with Gasteiger partial charge in [-0.3, -0.25) is 23.9 Å². The molecule has 3 heterocycles. The van der Waals surface area contributed by atoms with E-state index in [1.807, 2.05) is 32.0 Å². The van der Waals surface area contributed by atoms with Crippen molar-refractivity contribution in [2.45, 2.75) is 33.4 Å². The molecule has 2 amide bonds. The van der Waals surface area contributed by atoms with Gasteiger partial charge in [-0.05, 0) is 25.0 Å². The molecule has 1 N–H and O–H groups in total. The molecule has 1 fully saturated rings. The molecule has 0 radical (unpaired) electrons. The van der Waals surface area contributed by atoms with Gasteiger partial charge in [0.2, 0.25) is 11.8 Å². The maximum Gasteiger partial charge on any atom is 0.262 e. The van der Waals surface area contributed by atoms with Crippen molar-refractivity contribution in [1.29, 1.82) is 0 Å². The van der Waals surface area contributed by atoms with Crippen molar-refractivity contribution in [3.8, 4) is 0 Å². The first kappa shape index (κ1) is 23.1. The Kier molecular flexibility index (Phi) is 7.20. The first-order valence-corrected chi connectivity index (χ1v) is 12.0. The minimum Gasteiger partial charge on any atom is -0.347 e. The average molecular weight is 468 g/mol. The van der Waals surface area contributed by atoms with Gasteiger partial charge in [0.25, 0.3) is 5.56 Å². The number of carbonyl (C=O) groups is 2. The summed E-state index contributed by atoms with van der Waals surface area (Å²) in [4.78, 5) is 47.8. The molecule has 4 rings (SSSR count). The summed E-state index contributed by atoms with van der Waals surface area (Å²) < 4.78 is 1.47. The molecule has 2 aromatic heterocycles. The Bertz CT molecular complexity index is 1200. The van der Waals surface area contributed by atoms with E-state index in [2.05, 4.69) is 27.3 Å². The maximum absolute atomic E-state index is 12.7. The topological polar surface area (TPSA) is 87.5 Å². The van der Waals surface area contributed by atoms with Crippen LogP contribution >= 0.6 is 11.3 Å². The minimum atomic E-state index is -0.253. The molecule has 1 aliphatic rings. The van der Waals surface area contributed by atoms with Crippen molar-refractivity contribution in [1.82, 2.24) is 24.7 Å². The Morgan fingerprint density at radius 3 is 2.55 bits per heavy atom. The summed E-state index contributed by atoms with van der Waals surface area (Å²) in [7, 11) is 0. The van der Waals surface area contributed by atoms with Crippen molar-refractivity contribution in [3.63, 3.8) is 0 Å². The summed E-state index contributed by atoms with van der Waals surface area (Å²) in [5, 5.41) is 3.32. The number of benzene rings is 1. The first-order valence-electron chi connectivity index (χ1n) is 11.2. The van der Waals surface area contributed by atoms with E-state index in [1.54, 1.807) is 4.90 Å². The maximum atomic E-state index is 12.7. The Morgan fingerprint density at radius 2 is 1.82 bits per heavy atom. The van der Waals surface area contributed by atoms with Crippen molar-refractivity contribution < 1.29 is 9.59 Å². The highest BCUT2D eigenvalue weighted by atomic mass is 32.1. The van der Waals surface area contributed by atoms with E-state index in [0.29, 0.717) is 18.5 Å². The molecule has 0 unspecified atom stereocenters. The Balaban J connectivity index is 1.21. The molecule has 3 aromatic rings. The smallest absolute Gasteiger partial charge is 0.262 e. The third-order valence-electron chi connectivity index (χ3n) is 6.15. The third kappa shape index (κ3) is 5.48. The average Bonchev–Trinajstić information content (AvgIpc) is 3.12. The highest BCUT2D eigenvalue weighted by Gasteiger charge is 2.21. The van der Waals surface area contributed by atoms with Crippen LogP contribution in [0.3, 0.4) is 0 Å². The van der Waals surface area contributed by atoms with Crippen molar-refractivity contribution in [2.75, 3.05) is 32.7 Å². The molecule has 0 spiro atoms. The molecule has 33 heavy (non-hydrogen) atoms. The van der Waals surface area contributed by atoms with Gasteiger partial charge in [-0.25, -0.2) is 4.98 Å². The molecule has 174 valence electrons. The number of hydrogen-bond donors (Lipinski definition) is 1. The number of nitrogens with one attached hydrogen (secondary N) is 1. The molecule has 8 nitrogen and oxygen atoms in total. The lowest BCUT2D eigenvalue weighted by Crippen LogP contribution is -2.50. The van der Waals surface area contributed by atoms with Crippen LogP contribution in [-0.2, 0) is 22.7 Å². The van der Waals surface area contributed by atoms with Gasteiger partial charge in [0.1, 0.15) is 4.83 Å². The number of nitrogens with zero attached hydrogens (tertiary/aromatic N) is 4. The van der Waals surface area contributed by atoms with Crippen molar-refractivity contribution in [3.05, 3.63) is 63.0 Å². The standard InChI is InChI=1S/C24H29N5O3S/c1-17-18(2)33-23-22(17)24(32)29(16-26-23)9-8-20(30)25-14-21(31)28-12-10-27(11-13-28)15-19-6-4-3-5-7-19/h3-7,16H,8-15H2,1-2H3,(H,25,30). The monoisotopic (exact) mass is 467 g/mol. The van der Waals surface area contributed by atoms with Crippen LogP contribution in [0.15, 0.2) is 41.5 Å². The highest BCUT2D eigenvalue weighted by Crippen LogP contribution is 2.25. The number of aryl methyl sites for hydroxylation is 3. The fraction of sp³-hybridized carbons (Fsp3) is 0.417. The van der Waals surface area contributed by atoms with Crippen LogP contribution in [0, 0.1) is 13.8 Å². The van der Waals surface area contributed by atoms with Gasteiger partial charge in [-0.2, -0.15) is 0 Å². The molecule has 9 heteroatoms. The quantitative estimate of drug-likeness (QED) is 0.574. The molecule has 0 bridgehead atoms. The van der Waals surface area contributed by atoms with Crippen LogP contribution in [0.5, 0.6) is 0 Å². The van der Waals surface area contributed by atoms with Gasteiger partial charge in [0, 0.05) is 50.6 Å². The predicted molar refractivity (Wildman–Crippen MR) is 129 cm³/mol. The second-order valence-corrected chi connectivity index (χ2v) is 9.58. The number of amides is 2. The number of rotatable bonds is 7. The molecular weight excluding hydrogens is 438 g/mol. The van der Waals surface area contributed by atoms with Crippen LogP contribution in [0.4, 0.5) is 0 Å². The van der Waals surface area contributed by atoms with Crippen LogP contribution in [-0.4, -0.2) is 63.9 Å². The van der Waals surface area contributed by atoms with Gasteiger partial charge >= 0.3 is 0 Å². The zero-order valence-corrected chi connectivity index (χ0v) is 19.9. The van der Waals surface area contributed by atoms with Crippen LogP contribution < -0.4 is 10.9 Å². The molecular formula is C24H29N5O3S. The SMILES string of the molecule is Cc1sc2ncn(CCC(=O)NCC(=O)N3CCN(Cc4ccccc4)CC3)c(=O)c2c1C. The Hall–Kier alpha value is -3.04. The molecule has 1 saturated heterocycles. The van der Waals surface area contributed by atoms with E-state index in [0.717, 1.165) is 34.9 Å². The summed E-state index contributed by atoms with van der Waals surface area (Å²) in [6.07, 6.45) is 1.61. The predicted octanol–water partition coefficient (Wildman–Crippen LogP) is 1.93. The number of carbonyl (C=O) groups excluding carboxylic acids is 2. The first-order chi connectivity index (χ1) is 15.9. The normalized spacial score (nSPS) is 14.5. The van der Waals surface area contributed by atoms with Crippen LogP contribution in [0.2, 0.25) is 0 Å². The zero-order valence-electron chi connectivity index (χ0n) is 19.0. The van der Waals surface area contributed by atoms with Crippen molar-refractivity contribution in [2.24, 2.45) is 0 Å². The van der Waals surface area contributed by atoms with Gasteiger partial charge < -0.3 is 10.2 Å². The molecule has 1 aliphatic heterocycles. The van der Waals surface area contributed by atoms with Gasteiger partial charge in [0.05, 0.1) is 18.3 Å². The summed E-state index contributed by atoms with van der Waals surface area (Å²) >= 11 is 1.50. The minimum absolute atomic E-state index is 0.0213. The highest BCUT2D eigenvalue weighted by molar-refractivity contribution is 7.18. The van der Waals surface area contributed by atoms with E-state index in [9.17, 15) is 14.4 Å². The molecule has 0 aliphatic carbocycles. The summed E-state index contributed by atoms with van der Waals surface area (Å²) in [6.45, 7) is 7.92. The van der Waals surface area contributed by atoms with Gasteiger partial charge in [0.15, 0.2) is 0 Å². The lowest BCUT2D eigenvalue weighted by Gasteiger charge is -2.34. The fourth-order valence-electron chi connectivity index (χ4n) is 4.02. The van der Waals surface area contributed by atoms with Gasteiger partial charge in [-0.15, -0.1) is 11.3 Å². The van der Waals surface area contributed by atoms with E-state index in [-0.39, 0.29) is 36.9 Å². The van der Waals surface area contributed by atoms with E-state index >= 15 is 0 Å². The Morgan fingerprint density at radius 1 is 1.09 bits per heavy atom. The summed E-state index contributed by atoms with van der Waals surface area (Å²) in [6, 6.07) is 10.3. The number of aromatic nitrogens is 2. The Labute approximate surface area is 196 Å². The molecule has 0 saturated carbocycles. The number of hydrogen-bond acceptors (Lipinski definition) is 6. The fourth-order valence-corrected chi connectivity index (χ4v) is 5.01. The summed E-state index contributed by atoms with van der Waals surface area (Å²) in [5.74, 6) is -0.330. The van der Waals surface area contributed by atoms with Crippen LogP contribution in [0.1, 0.15) is 22.4 Å². The van der Waals surface area contributed by atoms with Crippen molar-refractivity contribution >= 4 is 33.4 Å². The number of fused-ring (bicyclic) bond motifs is 1. The molecule has 0 atom stereocenters. The largest absolute Gasteiger partial charge is 0.347 e.